The molecule has 0 saturated heterocycles. The third-order valence-electron chi connectivity index (χ3n) is 3.67. The fourth-order valence-electron chi connectivity index (χ4n) is 2.56. The second kappa shape index (κ2) is 10.0. The van der Waals surface area contributed by atoms with Gasteiger partial charge in [0.05, 0.1) is 0 Å². The van der Waals surface area contributed by atoms with Crippen molar-refractivity contribution in [1.82, 2.24) is 5.32 Å². The van der Waals surface area contributed by atoms with Crippen molar-refractivity contribution >= 4 is 8.80 Å². The molecule has 1 aromatic carbocycles. The van der Waals surface area contributed by atoms with Gasteiger partial charge in [0.2, 0.25) is 0 Å². The molecule has 1 unspecified atom stereocenters. The van der Waals surface area contributed by atoms with Crippen molar-refractivity contribution < 1.29 is 13.3 Å². The highest BCUT2D eigenvalue weighted by molar-refractivity contribution is 6.62. The van der Waals surface area contributed by atoms with Crippen LogP contribution in [0.3, 0.4) is 0 Å². The van der Waals surface area contributed by atoms with Gasteiger partial charge in [0.25, 0.3) is 0 Å². The first kappa shape index (κ1) is 18.3. The molecular weight excluding hydrogens is 284 g/mol. The summed E-state index contributed by atoms with van der Waals surface area (Å²) < 4.78 is 17.0. The zero-order valence-electron chi connectivity index (χ0n) is 13.3. The van der Waals surface area contributed by atoms with E-state index in [1.807, 2.05) is 6.07 Å². The van der Waals surface area contributed by atoms with Crippen molar-refractivity contribution in [2.75, 3.05) is 41.0 Å². The second-order valence-electron chi connectivity index (χ2n) is 4.93. The van der Waals surface area contributed by atoms with Gasteiger partial charge >= 0.3 is 8.80 Å². The van der Waals surface area contributed by atoms with Gasteiger partial charge in [0, 0.05) is 40.0 Å². The summed E-state index contributed by atoms with van der Waals surface area (Å²) in [6.45, 7) is 2.34. The largest absolute Gasteiger partial charge is 0.503 e. The first-order valence-electron chi connectivity index (χ1n) is 7.32. The first-order chi connectivity index (χ1) is 10.2. The van der Waals surface area contributed by atoms with E-state index in [2.05, 4.69) is 29.6 Å². The summed E-state index contributed by atoms with van der Waals surface area (Å²) in [7, 11) is 2.35. The van der Waals surface area contributed by atoms with Gasteiger partial charge in [0.15, 0.2) is 0 Å². The predicted octanol–water partition coefficient (Wildman–Crippen LogP) is 1.42. The Morgan fingerprint density at radius 3 is 2.19 bits per heavy atom. The highest BCUT2D eigenvalue weighted by atomic mass is 28.4. The lowest BCUT2D eigenvalue weighted by atomic mass is 10.1. The summed E-state index contributed by atoms with van der Waals surface area (Å²) in [6.07, 6.45) is 1.81. The Morgan fingerprint density at radius 1 is 1.05 bits per heavy atom. The standard InChI is InChI=1S/C15H28N2O3Si/c1-18-21(19-2,20-3)15(9-11-17-12-10-16)13-14-7-5-4-6-8-14/h4-8,15,17H,9-13,16H2,1-3H3. The van der Waals surface area contributed by atoms with Crippen LogP contribution in [-0.2, 0) is 19.7 Å². The van der Waals surface area contributed by atoms with Crippen molar-refractivity contribution in [2.24, 2.45) is 5.73 Å². The van der Waals surface area contributed by atoms with Crippen LogP contribution in [0.25, 0.3) is 0 Å². The van der Waals surface area contributed by atoms with E-state index in [1.165, 1.54) is 5.56 Å². The van der Waals surface area contributed by atoms with Crippen LogP contribution >= 0.6 is 0 Å². The Bertz CT molecular complexity index is 366. The third-order valence-corrected chi connectivity index (χ3v) is 6.87. The van der Waals surface area contributed by atoms with Gasteiger partial charge in [-0.15, -0.1) is 0 Å². The van der Waals surface area contributed by atoms with Gasteiger partial charge in [0.1, 0.15) is 0 Å². The minimum Gasteiger partial charge on any atom is -0.377 e. The summed E-state index contributed by atoms with van der Waals surface area (Å²) in [6, 6.07) is 10.4. The molecule has 3 N–H and O–H groups in total. The molecule has 0 fully saturated rings. The number of rotatable bonds is 11. The molecule has 0 saturated carbocycles. The average Bonchev–Trinajstić information content (AvgIpc) is 2.54. The van der Waals surface area contributed by atoms with Crippen molar-refractivity contribution in [3.8, 4) is 0 Å². The normalized spacial score (nSPS) is 13.3. The molecule has 1 aromatic rings. The minimum absolute atomic E-state index is 0.213. The summed E-state index contributed by atoms with van der Waals surface area (Å²) in [5, 5.41) is 3.33. The van der Waals surface area contributed by atoms with Crippen LogP contribution in [0.1, 0.15) is 12.0 Å². The van der Waals surface area contributed by atoms with Gasteiger partial charge in [-0.25, -0.2) is 0 Å². The highest BCUT2D eigenvalue weighted by Crippen LogP contribution is 2.31. The highest BCUT2D eigenvalue weighted by Gasteiger charge is 2.46. The van der Waals surface area contributed by atoms with Gasteiger partial charge in [-0.3, -0.25) is 0 Å². The van der Waals surface area contributed by atoms with Crippen LogP contribution in [0.4, 0.5) is 0 Å². The quantitative estimate of drug-likeness (QED) is 0.478. The zero-order chi connectivity index (χ0) is 15.6. The molecule has 0 bridgehead atoms. The molecule has 0 amide bonds. The third kappa shape index (κ3) is 5.50. The van der Waals surface area contributed by atoms with Gasteiger partial charge < -0.3 is 24.3 Å². The lowest BCUT2D eigenvalue weighted by Crippen LogP contribution is -2.49. The lowest BCUT2D eigenvalue weighted by molar-refractivity contribution is 0.109. The molecule has 0 aliphatic heterocycles. The van der Waals surface area contributed by atoms with E-state index in [9.17, 15) is 0 Å². The monoisotopic (exact) mass is 312 g/mol. The molecule has 0 radical (unpaired) electrons. The van der Waals surface area contributed by atoms with E-state index < -0.39 is 8.80 Å². The van der Waals surface area contributed by atoms with Crippen molar-refractivity contribution in [1.29, 1.82) is 0 Å². The van der Waals surface area contributed by atoms with E-state index in [1.54, 1.807) is 21.3 Å². The molecule has 0 heterocycles. The molecule has 1 rings (SSSR count). The van der Waals surface area contributed by atoms with E-state index >= 15 is 0 Å². The smallest absolute Gasteiger partial charge is 0.377 e. The summed E-state index contributed by atoms with van der Waals surface area (Å²) >= 11 is 0. The van der Waals surface area contributed by atoms with Crippen LogP contribution < -0.4 is 11.1 Å². The zero-order valence-corrected chi connectivity index (χ0v) is 14.3. The van der Waals surface area contributed by atoms with E-state index in [-0.39, 0.29) is 5.54 Å². The summed E-state index contributed by atoms with van der Waals surface area (Å²) in [4.78, 5) is 0. The van der Waals surface area contributed by atoms with Crippen molar-refractivity contribution in [2.45, 2.75) is 18.4 Å². The summed E-state index contributed by atoms with van der Waals surface area (Å²) in [5.74, 6) is 0. The number of hydrogen-bond acceptors (Lipinski definition) is 5. The van der Waals surface area contributed by atoms with Gasteiger partial charge in [-0.2, -0.15) is 0 Å². The second-order valence-corrected chi connectivity index (χ2v) is 8.18. The molecule has 1 atom stereocenters. The van der Waals surface area contributed by atoms with Crippen molar-refractivity contribution in [3.05, 3.63) is 35.9 Å². The Kier molecular flexibility index (Phi) is 8.75. The Hall–Kier alpha value is -0.763. The maximum atomic E-state index is 5.67. The van der Waals surface area contributed by atoms with Crippen LogP contribution in [0.5, 0.6) is 0 Å². The molecule has 6 heteroatoms. The molecule has 5 nitrogen and oxygen atoms in total. The van der Waals surface area contributed by atoms with Crippen LogP contribution in [0, 0.1) is 0 Å². The van der Waals surface area contributed by atoms with E-state index in [4.69, 9.17) is 19.0 Å². The first-order valence-corrected chi connectivity index (χ1v) is 9.12. The topological polar surface area (TPSA) is 65.7 Å². The molecule has 21 heavy (non-hydrogen) atoms. The minimum atomic E-state index is -2.66. The Morgan fingerprint density at radius 2 is 1.67 bits per heavy atom. The van der Waals surface area contributed by atoms with Crippen LogP contribution in [-0.4, -0.2) is 49.8 Å². The number of hydrogen-bond donors (Lipinski definition) is 2. The SMILES string of the molecule is CO[Si](OC)(OC)C(CCNCCN)Cc1ccccc1. The molecular formula is C15H28N2O3Si. The van der Waals surface area contributed by atoms with Gasteiger partial charge in [-0.1, -0.05) is 30.3 Å². The number of nitrogens with two attached hydrogens (primary N) is 1. The maximum Gasteiger partial charge on any atom is 0.503 e. The molecule has 0 aliphatic rings. The molecule has 0 spiro atoms. The molecule has 0 aliphatic carbocycles. The lowest BCUT2D eigenvalue weighted by Gasteiger charge is -2.32. The van der Waals surface area contributed by atoms with E-state index in [0.717, 1.165) is 25.9 Å². The average molecular weight is 312 g/mol. The maximum absolute atomic E-state index is 5.67. The van der Waals surface area contributed by atoms with Crippen LogP contribution in [0.2, 0.25) is 5.54 Å². The Labute approximate surface area is 129 Å². The van der Waals surface area contributed by atoms with Crippen LogP contribution in [0.15, 0.2) is 30.3 Å². The van der Waals surface area contributed by atoms with Gasteiger partial charge in [-0.05, 0) is 24.9 Å². The fourth-order valence-corrected chi connectivity index (χ4v) is 5.04. The fraction of sp³-hybridized carbons (Fsp3) is 0.600. The molecule has 0 aromatic heterocycles. The Balaban J connectivity index is 2.77. The predicted molar refractivity (Wildman–Crippen MR) is 87.2 cm³/mol. The summed E-state index contributed by atoms with van der Waals surface area (Å²) in [5.41, 5.74) is 6.99. The number of benzene rings is 1. The van der Waals surface area contributed by atoms with Crippen molar-refractivity contribution in [3.63, 3.8) is 0 Å². The van der Waals surface area contributed by atoms with E-state index in [0.29, 0.717) is 6.54 Å². The number of nitrogens with one attached hydrogen (secondary N) is 1. The molecule has 120 valence electrons.